The molecule has 4 nitrogen and oxygen atoms in total. The van der Waals surface area contributed by atoms with Crippen molar-refractivity contribution in [1.29, 1.82) is 0 Å². The van der Waals surface area contributed by atoms with Gasteiger partial charge in [-0.2, -0.15) is 0 Å². The molecule has 2 aromatic rings. The van der Waals surface area contributed by atoms with Gasteiger partial charge in [-0.15, -0.1) is 0 Å². The van der Waals surface area contributed by atoms with Gasteiger partial charge in [0, 0.05) is 6.26 Å². The zero-order valence-electron chi connectivity index (χ0n) is 12.7. The van der Waals surface area contributed by atoms with E-state index in [0.717, 1.165) is 11.8 Å². The van der Waals surface area contributed by atoms with Crippen LogP contribution in [0.3, 0.4) is 0 Å². The van der Waals surface area contributed by atoms with Crippen LogP contribution in [0.4, 0.5) is 0 Å². The average molecular weight is 318 g/mol. The molecule has 0 bridgehead atoms. The summed E-state index contributed by atoms with van der Waals surface area (Å²) in [6.07, 6.45) is 0.703. The van der Waals surface area contributed by atoms with Crippen LogP contribution < -0.4 is 0 Å². The van der Waals surface area contributed by atoms with Crippen molar-refractivity contribution < 1.29 is 17.9 Å². The number of esters is 1. The van der Waals surface area contributed by atoms with Gasteiger partial charge >= 0.3 is 5.97 Å². The molecular weight excluding hydrogens is 300 g/mol. The Kier molecular flexibility index (Phi) is 4.66. The average Bonchev–Trinajstić information content (AvgIpc) is 2.47. The first-order valence-electron chi connectivity index (χ1n) is 6.85. The highest BCUT2D eigenvalue weighted by molar-refractivity contribution is 7.90. The standard InChI is InChI=1S/C17H18O4S/c1-12-9-10-15(22(3,19)20)11-16(12)17(18)21-13(2)14-7-5-4-6-8-14/h4-11,13H,1-3H3/t13-/m1/s1. The lowest BCUT2D eigenvalue weighted by atomic mass is 10.1. The van der Waals surface area contributed by atoms with Crippen LogP contribution in [-0.2, 0) is 14.6 Å². The van der Waals surface area contributed by atoms with Crippen LogP contribution in [-0.4, -0.2) is 20.6 Å². The third-order valence-corrected chi connectivity index (χ3v) is 4.52. The Bertz CT molecular complexity index is 780. The van der Waals surface area contributed by atoms with Crippen LogP contribution >= 0.6 is 0 Å². The van der Waals surface area contributed by atoms with Gasteiger partial charge in [0.2, 0.25) is 0 Å². The molecule has 2 aromatic carbocycles. The number of carbonyl (C=O) groups is 1. The van der Waals surface area contributed by atoms with Crippen LogP contribution in [0.5, 0.6) is 0 Å². The molecule has 0 saturated carbocycles. The maximum absolute atomic E-state index is 12.3. The molecule has 0 unspecified atom stereocenters. The lowest BCUT2D eigenvalue weighted by Crippen LogP contribution is -2.11. The molecule has 1 atom stereocenters. The van der Waals surface area contributed by atoms with Crippen molar-refractivity contribution in [1.82, 2.24) is 0 Å². The fraction of sp³-hybridized carbons (Fsp3) is 0.235. The largest absolute Gasteiger partial charge is 0.454 e. The van der Waals surface area contributed by atoms with E-state index in [2.05, 4.69) is 0 Å². The molecule has 0 aliphatic rings. The minimum absolute atomic E-state index is 0.109. The number of hydrogen-bond acceptors (Lipinski definition) is 4. The predicted octanol–water partition coefficient (Wildman–Crippen LogP) is 3.32. The van der Waals surface area contributed by atoms with E-state index in [4.69, 9.17) is 4.74 Å². The zero-order chi connectivity index (χ0) is 16.3. The number of ether oxygens (including phenoxy) is 1. The molecule has 0 radical (unpaired) electrons. The summed E-state index contributed by atoms with van der Waals surface area (Å²) in [4.78, 5) is 12.4. The molecule has 116 valence electrons. The third-order valence-electron chi connectivity index (χ3n) is 3.41. The second kappa shape index (κ2) is 6.32. The van der Waals surface area contributed by atoms with Crippen LogP contribution in [0.2, 0.25) is 0 Å². The highest BCUT2D eigenvalue weighted by Crippen LogP contribution is 2.21. The quantitative estimate of drug-likeness (QED) is 0.811. The first-order valence-corrected chi connectivity index (χ1v) is 8.75. The Labute approximate surface area is 130 Å². The van der Waals surface area contributed by atoms with Gasteiger partial charge < -0.3 is 4.74 Å². The van der Waals surface area contributed by atoms with Crippen LogP contribution in [0, 0.1) is 6.92 Å². The first-order chi connectivity index (χ1) is 10.3. The van der Waals surface area contributed by atoms with E-state index >= 15 is 0 Å². The number of aryl methyl sites for hydroxylation is 1. The molecule has 22 heavy (non-hydrogen) atoms. The van der Waals surface area contributed by atoms with E-state index in [-0.39, 0.29) is 10.5 Å². The van der Waals surface area contributed by atoms with Crippen LogP contribution in [0.1, 0.15) is 34.5 Å². The molecule has 0 aliphatic carbocycles. The fourth-order valence-electron chi connectivity index (χ4n) is 2.07. The summed E-state index contributed by atoms with van der Waals surface area (Å²) in [5, 5.41) is 0. The van der Waals surface area contributed by atoms with Gasteiger partial charge in [-0.25, -0.2) is 13.2 Å². The van der Waals surface area contributed by atoms with E-state index in [9.17, 15) is 13.2 Å². The van der Waals surface area contributed by atoms with Crippen LogP contribution in [0.25, 0.3) is 0 Å². The number of sulfone groups is 1. The molecule has 0 fully saturated rings. The lowest BCUT2D eigenvalue weighted by Gasteiger charge is -2.15. The second-order valence-electron chi connectivity index (χ2n) is 5.21. The maximum atomic E-state index is 12.3. The summed E-state index contributed by atoms with van der Waals surface area (Å²) in [7, 11) is -3.36. The summed E-state index contributed by atoms with van der Waals surface area (Å²) < 4.78 is 28.7. The summed E-state index contributed by atoms with van der Waals surface area (Å²) in [5.41, 5.74) is 1.83. The minimum atomic E-state index is -3.36. The molecule has 0 aliphatic heterocycles. The second-order valence-corrected chi connectivity index (χ2v) is 7.22. The van der Waals surface area contributed by atoms with Gasteiger partial charge in [0.05, 0.1) is 10.5 Å². The van der Waals surface area contributed by atoms with E-state index in [1.54, 1.807) is 19.9 Å². The Morgan fingerprint density at radius 1 is 1.09 bits per heavy atom. The minimum Gasteiger partial charge on any atom is -0.454 e. The van der Waals surface area contributed by atoms with E-state index in [1.165, 1.54) is 12.1 Å². The Morgan fingerprint density at radius 2 is 1.73 bits per heavy atom. The van der Waals surface area contributed by atoms with E-state index in [0.29, 0.717) is 5.56 Å². The van der Waals surface area contributed by atoms with Crippen molar-refractivity contribution in [2.24, 2.45) is 0 Å². The van der Waals surface area contributed by atoms with Gasteiger partial charge in [0.15, 0.2) is 9.84 Å². The van der Waals surface area contributed by atoms with Crippen molar-refractivity contribution in [3.05, 3.63) is 65.2 Å². The molecule has 0 saturated heterocycles. The van der Waals surface area contributed by atoms with Crippen molar-refractivity contribution in [3.63, 3.8) is 0 Å². The van der Waals surface area contributed by atoms with Crippen molar-refractivity contribution >= 4 is 15.8 Å². The topological polar surface area (TPSA) is 60.4 Å². The van der Waals surface area contributed by atoms with Gasteiger partial charge in [-0.05, 0) is 37.1 Å². The van der Waals surface area contributed by atoms with Crippen molar-refractivity contribution in [3.8, 4) is 0 Å². The Hall–Kier alpha value is -2.14. The fourth-order valence-corrected chi connectivity index (χ4v) is 2.71. The molecule has 0 spiro atoms. The summed E-state index contributed by atoms with van der Waals surface area (Å²) in [5.74, 6) is -0.528. The molecule has 5 heteroatoms. The summed E-state index contributed by atoms with van der Waals surface area (Å²) in [6.45, 7) is 3.53. The lowest BCUT2D eigenvalue weighted by molar-refractivity contribution is 0.0336. The van der Waals surface area contributed by atoms with E-state index in [1.807, 2.05) is 30.3 Å². The Morgan fingerprint density at radius 3 is 2.32 bits per heavy atom. The highest BCUT2D eigenvalue weighted by atomic mass is 32.2. The van der Waals surface area contributed by atoms with Crippen molar-refractivity contribution in [2.75, 3.05) is 6.26 Å². The molecule has 0 N–H and O–H groups in total. The molecule has 0 amide bonds. The number of rotatable bonds is 4. The highest BCUT2D eigenvalue weighted by Gasteiger charge is 2.18. The monoisotopic (exact) mass is 318 g/mol. The normalized spacial score (nSPS) is 12.7. The molecule has 0 aromatic heterocycles. The number of carbonyl (C=O) groups excluding carboxylic acids is 1. The molecule has 0 heterocycles. The Balaban J connectivity index is 2.26. The molecule has 2 rings (SSSR count). The SMILES string of the molecule is Cc1ccc(S(C)(=O)=O)cc1C(=O)O[C@H](C)c1ccccc1. The number of hydrogen-bond donors (Lipinski definition) is 0. The summed E-state index contributed by atoms with van der Waals surface area (Å²) >= 11 is 0. The number of benzene rings is 2. The van der Waals surface area contributed by atoms with Gasteiger partial charge in [0.1, 0.15) is 6.10 Å². The van der Waals surface area contributed by atoms with Gasteiger partial charge in [-0.3, -0.25) is 0 Å². The summed E-state index contributed by atoms with van der Waals surface area (Å²) in [6, 6.07) is 13.8. The maximum Gasteiger partial charge on any atom is 0.339 e. The molecular formula is C17H18O4S. The third kappa shape index (κ3) is 3.74. The van der Waals surface area contributed by atoms with Gasteiger partial charge in [-0.1, -0.05) is 36.4 Å². The smallest absolute Gasteiger partial charge is 0.339 e. The van der Waals surface area contributed by atoms with Crippen LogP contribution in [0.15, 0.2) is 53.4 Å². The predicted molar refractivity (Wildman–Crippen MR) is 84.6 cm³/mol. The van der Waals surface area contributed by atoms with E-state index < -0.39 is 21.9 Å². The van der Waals surface area contributed by atoms with Crippen molar-refractivity contribution in [2.45, 2.75) is 24.8 Å². The zero-order valence-corrected chi connectivity index (χ0v) is 13.6. The van der Waals surface area contributed by atoms with Gasteiger partial charge in [0.25, 0.3) is 0 Å². The first kappa shape index (κ1) is 16.2.